The van der Waals surface area contributed by atoms with E-state index in [2.05, 4.69) is 60.0 Å². The second-order valence-corrected chi connectivity index (χ2v) is 7.99. The second kappa shape index (κ2) is 8.16. The molecular weight excluding hydrogens is 450 g/mol. The zero-order valence-corrected chi connectivity index (χ0v) is 16.4. The van der Waals surface area contributed by atoms with Gasteiger partial charge in [0, 0.05) is 17.1 Å². The van der Waals surface area contributed by atoms with Crippen LogP contribution in [0.5, 0.6) is 5.75 Å². The van der Waals surface area contributed by atoms with E-state index in [1.807, 2.05) is 12.1 Å². The molecule has 1 aromatic carbocycles. The molecule has 1 fully saturated rings. The summed E-state index contributed by atoms with van der Waals surface area (Å²) >= 11 is 10.5. The number of benzene rings is 1. The van der Waals surface area contributed by atoms with Crippen LogP contribution in [-0.2, 0) is 0 Å². The molecule has 0 spiro atoms. The molecule has 0 amide bonds. The molecule has 2 nitrogen and oxygen atoms in total. The van der Waals surface area contributed by atoms with Crippen LogP contribution in [0.4, 0.5) is 0 Å². The van der Waals surface area contributed by atoms with Crippen LogP contribution in [0.15, 0.2) is 25.6 Å². The molecule has 2 unspecified atom stereocenters. The van der Waals surface area contributed by atoms with Crippen molar-refractivity contribution in [1.29, 1.82) is 0 Å². The number of ether oxygens (including phenoxy) is 1. The second-order valence-electron chi connectivity index (χ2n) is 5.37. The topological polar surface area (TPSA) is 21.3 Å². The maximum absolute atomic E-state index is 5.87. The molecule has 1 aromatic rings. The minimum atomic E-state index is 0.657. The van der Waals surface area contributed by atoms with Crippen molar-refractivity contribution < 1.29 is 4.74 Å². The van der Waals surface area contributed by atoms with E-state index in [9.17, 15) is 0 Å². The van der Waals surface area contributed by atoms with Gasteiger partial charge in [-0.2, -0.15) is 0 Å². The lowest BCUT2D eigenvalue weighted by molar-refractivity contribution is 0.250. The molecule has 2 atom stereocenters. The maximum atomic E-state index is 5.87. The molecule has 0 aliphatic heterocycles. The molecule has 5 heteroatoms. The third-order valence-electron chi connectivity index (χ3n) is 3.83. The highest BCUT2D eigenvalue weighted by atomic mass is 79.9. The Morgan fingerprint density at radius 2 is 1.80 bits per heavy atom. The van der Waals surface area contributed by atoms with Gasteiger partial charge >= 0.3 is 0 Å². The number of rotatable bonds is 5. The quantitative estimate of drug-likeness (QED) is 0.573. The van der Waals surface area contributed by atoms with E-state index in [0.29, 0.717) is 12.6 Å². The lowest BCUT2D eigenvalue weighted by atomic mass is 9.86. The number of hydrogen-bond acceptors (Lipinski definition) is 2. The Labute approximate surface area is 146 Å². The first-order chi connectivity index (χ1) is 9.58. The van der Waals surface area contributed by atoms with Gasteiger partial charge in [0.2, 0.25) is 0 Å². The normalized spacial score (nSPS) is 22.8. The number of halogens is 3. The Hall–Kier alpha value is 0.420. The standard InChI is InChI=1S/C15H20Br3NO/c1-10-4-2-3-5-14(10)19-6-7-20-15-12(17)8-11(16)9-13(15)18/h8-10,14,19H,2-7H2,1H3. The average Bonchev–Trinajstić information content (AvgIpc) is 2.38. The summed E-state index contributed by atoms with van der Waals surface area (Å²) in [6, 6.07) is 4.65. The number of hydrogen-bond donors (Lipinski definition) is 1. The smallest absolute Gasteiger partial charge is 0.147 e. The monoisotopic (exact) mass is 467 g/mol. The van der Waals surface area contributed by atoms with Crippen molar-refractivity contribution in [3.63, 3.8) is 0 Å². The summed E-state index contributed by atoms with van der Waals surface area (Å²) in [5.74, 6) is 1.65. The van der Waals surface area contributed by atoms with Gasteiger partial charge in [-0.15, -0.1) is 0 Å². The van der Waals surface area contributed by atoms with Crippen molar-refractivity contribution in [1.82, 2.24) is 5.32 Å². The van der Waals surface area contributed by atoms with Gasteiger partial charge in [0.1, 0.15) is 12.4 Å². The lowest BCUT2D eigenvalue weighted by Crippen LogP contribution is -2.39. The zero-order valence-electron chi connectivity index (χ0n) is 11.6. The molecule has 0 saturated heterocycles. The fourth-order valence-electron chi connectivity index (χ4n) is 2.68. The average molecular weight is 470 g/mol. The van der Waals surface area contributed by atoms with Crippen LogP contribution in [-0.4, -0.2) is 19.2 Å². The lowest BCUT2D eigenvalue weighted by Gasteiger charge is -2.29. The summed E-state index contributed by atoms with van der Waals surface area (Å²) in [7, 11) is 0. The van der Waals surface area contributed by atoms with Gasteiger partial charge in [-0.1, -0.05) is 35.7 Å². The van der Waals surface area contributed by atoms with Crippen LogP contribution in [0.2, 0.25) is 0 Å². The zero-order chi connectivity index (χ0) is 14.5. The van der Waals surface area contributed by atoms with E-state index < -0.39 is 0 Å². The highest BCUT2D eigenvalue weighted by Gasteiger charge is 2.20. The molecule has 1 N–H and O–H groups in total. The van der Waals surface area contributed by atoms with Gasteiger partial charge in [-0.25, -0.2) is 0 Å². The van der Waals surface area contributed by atoms with Crippen LogP contribution in [0.25, 0.3) is 0 Å². The van der Waals surface area contributed by atoms with Gasteiger partial charge in [0.25, 0.3) is 0 Å². The molecule has 0 heterocycles. The van der Waals surface area contributed by atoms with Gasteiger partial charge < -0.3 is 10.1 Å². The Morgan fingerprint density at radius 3 is 2.45 bits per heavy atom. The van der Waals surface area contributed by atoms with Crippen molar-refractivity contribution in [2.75, 3.05) is 13.2 Å². The van der Waals surface area contributed by atoms with E-state index in [1.165, 1.54) is 25.7 Å². The van der Waals surface area contributed by atoms with Crippen LogP contribution in [0.3, 0.4) is 0 Å². The van der Waals surface area contributed by atoms with Gasteiger partial charge in [0.05, 0.1) is 8.95 Å². The van der Waals surface area contributed by atoms with Crippen LogP contribution >= 0.6 is 47.8 Å². The maximum Gasteiger partial charge on any atom is 0.147 e. The molecule has 0 bridgehead atoms. The first kappa shape index (κ1) is 16.8. The van der Waals surface area contributed by atoms with E-state index in [1.54, 1.807) is 0 Å². The Morgan fingerprint density at radius 1 is 1.15 bits per heavy atom. The van der Waals surface area contributed by atoms with E-state index >= 15 is 0 Å². The van der Waals surface area contributed by atoms with Gasteiger partial charge in [-0.05, 0) is 62.8 Å². The van der Waals surface area contributed by atoms with Crippen molar-refractivity contribution in [3.05, 3.63) is 25.6 Å². The minimum Gasteiger partial charge on any atom is -0.490 e. The predicted octanol–water partition coefficient (Wildman–Crippen LogP) is 5.52. The van der Waals surface area contributed by atoms with Crippen LogP contribution < -0.4 is 10.1 Å². The Kier molecular flexibility index (Phi) is 6.85. The summed E-state index contributed by atoms with van der Waals surface area (Å²) in [5, 5.41) is 3.63. The molecule has 112 valence electrons. The summed E-state index contributed by atoms with van der Waals surface area (Å²) in [6.07, 6.45) is 5.39. The summed E-state index contributed by atoms with van der Waals surface area (Å²) in [4.78, 5) is 0. The molecule has 0 radical (unpaired) electrons. The SMILES string of the molecule is CC1CCCCC1NCCOc1c(Br)cc(Br)cc1Br. The third-order valence-corrected chi connectivity index (χ3v) is 5.47. The highest BCUT2D eigenvalue weighted by Crippen LogP contribution is 2.36. The minimum absolute atomic E-state index is 0.657. The molecule has 0 aromatic heterocycles. The molecule has 1 aliphatic carbocycles. The first-order valence-electron chi connectivity index (χ1n) is 7.08. The third kappa shape index (κ3) is 4.72. The fourth-order valence-corrected chi connectivity index (χ4v) is 5.17. The van der Waals surface area contributed by atoms with Crippen LogP contribution in [0.1, 0.15) is 32.6 Å². The summed E-state index contributed by atoms with van der Waals surface area (Å²) in [6.45, 7) is 3.92. The van der Waals surface area contributed by atoms with Crippen LogP contribution in [0, 0.1) is 5.92 Å². The Bertz CT molecular complexity index is 430. The largest absolute Gasteiger partial charge is 0.490 e. The van der Waals surface area contributed by atoms with Crippen molar-refractivity contribution >= 4 is 47.8 Å². The van der Waals surface area contributed by atoms with Gasteiger partial charge in [-0.3, -0.25) is 0 Å². The number of nitrogens with one attached hydrogen (secondary N) is 1. The van der Waals surface area contributed by atoms with E-state index in [0.717, 1.165) is 31.6 Å². The summed E-state index contributed by atoms with van der Waals surface area (Å²) < 4.78 is 8.82. The molecular formula is C15H20Br3NO. The van der Waals surface area contributed by atoms with E-state index in [4.69, 9.17) is 4.74 Å². The van der Waals surface area contributed by atoms with E-state index in [-0.39, 0.29) is 0 Å². The molecule has 1 aliphatic rings. The fraction of sp³-hybridized carbons (Fsp3) is 0.600. The molecule has 2 rings (SSSR count). The first-order valence-corrected chi connectivity index (χ1v) is 9.46. The van der Waals surface area contributed by atoms with Crippen molar-refractivity contribution in [3.8, 4) is 5.75 Å². The molecule has 20 heavy (non-hydrogen) atoms. The van der Waals surface area contributed by atoms with Gasteiger partial charge in [0.15, 0.2) is 0 Å². The Balaban J connectivity index is 1.78. The predicted molar refractivity (Wildman–Crippen MR) is 94.5 cm³/mol. The van der Waals surface area contributed by atoms with Crippen molar-refractivity contribution in [2.45, 2.75) is 38.6 Å². The highest BCUT2D eigenvalue weighted by molar-refractivity contribution is 9.11. The molecule has 1 saturated carbocycles. The van der Waals surface area contributed by atoms with Crippen molar-refractivity contribution in [2.24, 2.45) is 5.92 Å². The summed E-state index contributed by atoms with van der Waals surface area (Å²) in [5.41, 5.74) is 0.